The van der Waals surface area contributed by atoms with Gasteiger partial charge in [-0.25, -0.2) is 4.98 Å². The Balaban J connectivity index is 1.80. The normalized spacial score (nSPS) is 11.0. The van der Waals surface area contributed by atoms with Crippen molar-refractivity contribution in [2.24, 2.45) is 0 Å². The molecule has 1 aromatic heterocycles. The highest BCUT2D eigenvalue weighted by Crippen LogP contribution is 2.27. The van der Waals surface area contributed by atoms with Crippen LogP contribution < -0.4 is 4.74 Å². The fourth-order valence-electron chi connectivity index (χ4n) is 2.08. The van der Waals surface area contributed by atoms with Crippen LogP contribution in [-0.2, 0) is 6.61 Å². The molecule has 0 aliphatic carbocycles. The second-order valence-electron chi connectivity index (χ2n) is 5.00. The van der Waals surface area contributed by atoms with Gasteiger partial charge in [0.05, 0.1) is 21.1 Å². The van der Waals surface area contributed by atoms with Gasteiger partial charge in [-0.3, -0.25) is 0 Å². The molecular formula is C16H14Cl2N2O. The molecule has 0 radical (unpaired) electrons. The molecule has 0 aliphatic rings. The summed E-state index contributed by atoms with van der Waals surface area (Å²) >= 11 is 12.0. The summed E-state index contributed by atoms with van der Waals surface area (Å²) in [6.45, 7) is 4.51. The van der Waals surface area contributed by atoms with E-state index in [1.165, 1.54) is 11.1 Å². The van der Waals surface area contributed by atoms with Crippen LogP contribution in [0.5, 0.6) is 5.75 Å². The molecular weight excluding hydrogens is 307 g/mol. The van der Waals surface area contributed by atoms with Crippen molar-refractivity contribution < 1.29 is 4.74 Å². The molecule has 0 spiro atoms. The number of benzene rings is 2. The molecule has 0 fully saturated rings. The van der Waals surface area contributed by atoms with Crippen molar-refractivity contribution in [3.05, 3.63) is 57.3 Å². The number of halogens is 2. The summed E-state index contributed by atoms with van der Waals surface area (Å²) in [6, 6.07) is 9.54. The second-order valence-corrected chi connectivity index (χ2v) is 5.82. The van der Waals surface area contributed by atoms with E-state index in [1.807, 2.05) is 18.2 Å². The van der Waals surface area contributed by atoms with E-state index in [0.717, 1.165) is 22.6 Å². The third-order valence-electron chi connectivity index (χ3n) is 3.43. The first kappa shape index (κ1) is 14.2. The Morgan fingerprint density at radius 2 is 1.81 bits per heavy atom. The number of hydrogen-bond acceptors (Lipinski definition) is 2. The molecule has 0 bridgehead atoms. The zero-order valence-corrected chi connectivity index (χ0v) is 13.2. The highest BCUT2D eigenvalue weighted by atomic mass is 35.5. The van der Waals surface area contributed by atoms with Gasteiger partial charge in [-0.1, -0.05) is 29.3 Å². The van der Waals surface area contributed by atoms with Crippen LogP contribution in [0.2, 0.25) is 10.0 Å². The number of nitrogens with one attached hydrogen (secondary N) is 1. The van der Waals surface area contributed by atoms with Gasteiger partial charge in [0.15, 0.2) is 0 Å². The molecule has 1 N–H and O–H groups in total. The van der Waals surface area contributed by atoms with Crippen LogP contribution in [0, 0.1) is 13.8 Å². The van der Waals surface area contributed by atoms with E-state index in [2.05, 4.69) is 23.8 Å². The Kier molecular flexibility index (Phi) is 3.79. The Bertz CT molecular complexity index is 772. The monoisotopic (exact) mass is 320 g/mol. The lowest BCUT2D eigenvalue weighted by Crippen LogP contribution is -1.97. The number of rotatable bonds is 3. The van der Waals surface area contributed by atoms with E-state index in [1.54, 1.807) is 12.1 Å². The highest BCUT2D eigenvalue weighted by molar-refractivity contribution is 6.42. The lowest BCUT2D eigenvalue weighted by atomic mass is 10.1. The number of ether oxygens (including phenoxy) is 1. The molecule has 3 aromatic rings. The molecule has 3 rings (SSSR count). The molecule has 0 aliphatic heterocycles. The molecule has 0 amide bonds. The molecule has 0 unspecified atom stereocenters. The Hall–Kier alpha value is -1.71. The number of hydrogen-bond donors (Lipinski definition) is 1. The van der Waals surface area contributed by atoms with E-state index in [4.69, 9.17) is 27.9 Å². The third kappa shape index (κ3) is 2.99. The van der Waals surface area contributed by atoms with Gasteiger partial charge in [0, 0.05) is 0 Å². The highest BCUT2D eigenvalue weighted by Gasteiger charge is 2.07. The van der Waals surface area contributed by atoms with Crippen LogP contribution in [0.3, 0.4) is 0 Å². The third-order valence-corrected chi connectivity index (χ3v) is 4.15. The SMILES string of the molecule is Cc1ccc(OCc2nc3cc(Cl)c(Cl)cc3[nH]2)cc1C. The molecule has 2 aromatic carbocycles. The Labute approximate surface area is 132 Å². The van der Waals surface area contributed by atoms with Crippen LogP contribution in [0.15, 0.2) is 30.3 Å². The summed E-state index contributed by atoms with van der Waals surface area (Å²) in [5, 5.41) is 1.01. The maximum Gasteiger partial charge on any atom is 0.146 e. The summed E-state index contributed by atoms with van der Waals surface area (Å²) < 4.78 is 5.76. The van der Waals surface area contributed by atoms with Crippen molar-refractivity contribution in [2.75, 3.05) is 0 Å². The second kappa shape index (κ2) is 5.58. The first-order valence-electron chi connectivity index (χ1n) is 6.56. The fraction of sp³-hybridized carbons (Fsp3) is 0.188. The zero-order valence-electron chi connectivity index (χ0n) is 11.7. The number of imidazole rings is 1. The lowest BCUT2D eigenvalue weighted by molar-refractivity contribution is 0.297. The maximum absolute atomic E-state index is 5.99. The van der Waals surface area contributed by atoms with Gasteiger partial charge in [0.1, 0.15) is 18.2 Å². The van der Waals surface area contributed by atoms with Gasteiger partial charge in [0.2, 0.25) is 0 Å². The van der Waals surface area contributed by atoms with Crippen molar-refractivity contribution in [1.82, 2.24) is 9.97 Å². The quantitative estimate of drug-likeness (QED) is 0.732. The Morgan fingerprint density at radius 3 is 2.57 bits per heavy atom. The Morgan fingerprint density at radius 1 is 1.05 bits per heavy atom. The standard InChI is InChI=1S/C16H14Cl2N2O/c1-9-3-4-11(5-10(9)2)21-8-16-19-14-6-12(17)13(18)7-15(14)20-16/h3-7H,8H2,1-2H3,(H,19,20). The van der Waals surface area contributed by atoms with Crippen LogP contribution in [0.25, 0.3) is 11.0 Å². The minimum Gasteiger partial charge on any atom is -0.486 e. The summed E-state index contributed by atoms with van der Waals surface area (Å²) in [5.41, 5.74) is 4.08. The predicted octanol–water partition coefficient (Wildman–Crippen LogP) is 5.07. The molecule has 1 heterocycles. The minimum absolute atomic E-state index is 0.367. The van der Waals surface area contributed by atoms with E-state index < -0.39 is 0 Å². The van der Waals surface area contributed by atoms with Crippen LogP contribution in [0.1, 0.15) is 17.0 Å². The smallest absolute Gasteiger partial charge is 0.146 e. The molecule has 0 saturated carbocycles. The summed E-state index contributed by atoms with van der Waals surface area (Å²) in [6.07, 6.45) is 0. The summed E-state index contributed by atoms with van der Waals surface area (Å²) in [7, 11) is 0. The molecule has 0 saturated heterocycles. The van der Waals surface area contributed by atoms with Gasteiger partial charge in [-0.2, -0.15) is 0 Å². The first-order chi connectivity index (χ1) is 10.0. The molecule has 0 atom stereocenters. The summed E-state index contributed by atoms with van der Waals surface area (Å²) in [4.78, 5) is 7.63. The zero-order chi connectivity index (χ0) is 15.0. The molecule has 21 heavy (non-hydrogen) atoms. The van der Waals surface area contributed by atoms with Crippen LogP contribution in [0.4, 0.5) is 0 Å². The van der Waals surface area contributed by atoms with Crippen molar-refractivity contribution in [1.29, 1.82) is 0 Å². The number of fused-ring (bicyclic) bond motifs is 1. The van der Waals surface area contributed by atoms with E-state index in [0.29, 0.717) is 16.7 Å². The van der Waals surface area contributed by atoms with Crippen molar-refractivity contribution in [3.8, 4) is 5.75 Å². The van der Waals surface area contributed by atoms with Gasteiger partial charge in [0.25, 0.3) is 0 Å². The number of aromatic amines is 1. The number of nitrogens with zero attached hydrogens (tertiary/aromatic N) is 1. The van der Waals surface area contributed by atoms with Crippen molar-refractivity contribution in [3.63, 3.8) is 0 Å². The van der Waals surface area contributed by atoms with Crippen LogP contribution in [-0.4, -0.2) is 9.97 Å². The number of H-pyrrole nitrogens is 1. The molecule has 3 nitrogen and oxygen atoms in total. The maximum atomic E-state index is 5.99. The van der Waals surface area contributed by atoms with Crippen molar-refractivity contribution in [2.45, 2.75) is 20.5 Å². The average Bonchev–Trinajstić information content (AvgIpc) is 2.82. The first-order valence-corrected chi connectivity index (χ1v) is 7.32. The topological polar surface area (TPSA) is 37.9 Å². The van der Waals surface area contributed by atoms with E-state index in [-0.39, 0.29) is 0 Å². The molecule has 5 heteroatoms. The van der Waals surface area contributed by atoms with Crippen LogP contribution >= 0.6 is 23.2 Å². The predicted molar refractivity (Wildman–Crippen MR) is 86.4 cm³/mol. The van der Waals surface area contributed by atoms with Gasteiger partial charge in [-0.05, 0) is 49.2 Å². The van der Waals surface area contributed by atoms with Crippen molar-refractivity contribution >= 4 is 34.2 Å². The number of aryl methyl sites for hydroxylation is 2. The number of aromatic nitrogens is 2. The minimum atomic E-state index is 0.367. The van der Waals surface area contributed by atoms with Gasteiger partial charge < -0.3 is 9.72 Å². The molecule has 108 valence electrons. The van der Waals surface area contributed by atoms with E-state index >= 15 is 0 Å². The largest absolute Gasteiger partial charge is 0.486 e. The summed E-state index contributed by atoms with van der Waals surface area (Å²) in [5.74, 6) is 1.57. The lowest BCUT2D eigenvalue weighted by Gasteiger charge is -2.06. The van der Waals surface area contributed by atoms with E-state index in [9.17, 15) is 0 Å². The van der Waals surface area contributed by atoms with Gasteiger partial charge in [-0.15, -0.1) is 0 Å². The van der Waals surface area contributed by atoms with Gasteiger partial charge >= 0.3 is 0 Å². The average molecular weight is 321 g/mol. The fourth-order valence-corrected chi connectivity index (χ4v) is 2.40.